The second-order valence-corrected chi connectivity index (χ2v) is 6.09. The Morgan fingerprint density at radius 1 is 1.47 bits per heavy atom. The molecular formula is C9H20N2O3S. The van der Waals surface area contributed by atoms with Gasteiger partial charge in [-0.3, -0.25) is 4.79 Å². The summed E-state index contributed by atoms with van der Waals surface area (Å²) in [6.45, 7) is 3.97. The van der Waals surface area contributed by atoms with Crippen LogP contribution in [0.3, 0.4) is 0 Å². The Labute approximate surface area is 91.3 Å². The van der Waals surface area contributed by atoms with Gasteiger partial charge in [0.25, 0.3) is 0 Å². The van der Waals surface area contributed by atoms with Gasteiger partial charge in [-0.05, 0) is 5.92 Å². The summed E-state index contributed by atoms with van der Waals surface area (Å²) in [5.74, 6) is -0.234. The fraction of sp³-hybridized carbons (Fsp3) is 0.889. The number of carbonyl (C=O) groups is 1. The lowest BCUT2D eigenvalue weighted by Gasteiger charge is -2.17. The van der Waals surface area contributed by atoms with Crippen molar-refractivity contribution < 1.29 is 13.2 Å². The van der Waals surface area contributed by atoms with Crippen molar-refractivity contribution in [3.63, 3.8) is 0 Å². The van der Waals surface area contributed by atoms with Crippen LogP contribution in [0.2, 0.25) is 0 Å². The van der Waals surface area contributed by atoms with E-state index in [2.05, 4.69) is 5.32 Å². The maximum absolute atomic E-state index is 11.4. The van der Waals surface area contributed by atoms with Crippen LogP contribution in [0.4, 0.5) is 0 Å². The largest absolute Gasteiger partial charge is 0.354 e. The summed E-state index contributed by atoms with van der Waals surface area (Å²) < 4.78 is 21.6. The smallest absolute Gasteiger partial charge is 0.237 e. The van der Waals surface area contributed by atoms with Crippen molar-refractivity contribution in [2.24, 2.45) is 11.7 Å². The van der Waals surface area contributed by atoms with Gasteiger partial charge in [-0.25, -0.2) is 8.42 Å². The Balaban J connectivity index is 3.94. The third-order valence-electron chi connectivity index (χ3n) is 2.33. The first-order valence-electron chi connectivity index (χ1n) is 4.99. The maximum Gasteiger partial charge on any atom is 0.237 e. The lowest BCUT2D eigenvalue weighted by atomic mass is 9.99. The summed E-state index contributed by atoms with van der Waals surface area (Å²) in [5, 5.41) is 2.51. The molecule has 0 heterocycles. The summed E-state index contributed by atoms with van der Waals surface area (Å²) in [6, 6.07) is -0.561. The summed E-state index contributed by atoms with van der Waals surface area (Å²) in [4.78, 5) is 11.4. The third kappa shape index (κ3) is 6.46. The van der Waals surface area contributed by atoms with E-state index in [4.69, 9.17) is 5.73 Å². The van der Waals surface area contributed by atoms with Crippen molar-refractivity contribution in [3.05, 3.63) is 0 Å². The molecule has 0 bridgehead atoms. The first-order valence-corrected chi connectivity index (χ1v) is 7.05. The summed E-state index contributed by atoms with van der Waals surface area (Å²) in [6.07, 6.45) is 1.95. The molecular weight excluding hydrogens is 216 g/mol. The van der Waals surface area contributed by atoms with E-state index in [1.54, 1.807) is 0 Å². The number of sulfone groups is 1. The zero-order valence-corrected chi connectivity index (χ0v) is 10.3. The monoisotopic (exact) mass is 236 g/mol. The van der Waals surface area contributed by atoms with Gasteiger partial charge in [0.15, 0.2) is 0 Å². The van der Waals surface area contributed by atoms with Crippen LogP contribution < -0.4 is 11.1 Å². The van der Waals surface area contributed by atoms with Crippen molar-refractivity contribution in [2.45, 2.75) is 26.3 Å². The zero-order chi connectivity index (χ0) is 12.1. The van der Waals surface area contributed by atoms with Crippen LogP contribution in [0.5, 0.6) is 0 Å². The van der Waals surface area contributed by atoms with Crippen LogP contribution in [0.1, 0.15) is 20.3 Å². The van der Waals surface area contributed by atoms with Gasteiger partial charge in [0.1, 0.15) is 9.84 Å². The molecule has 0 aromatic rings. The van der Waals surface area contributed by atoms with Crippen molar-refractivity contribution in [1.82, 2.24) is 5.32 Å². The van der Waals surface area contributed by atoms with Gasteiger partial charge in [0.2, 0.25) is 5.91 Å². The minimum atomic E-state index is -3.03. The van der Waals surface area contributed by atoms with E-state index >= 15 is 0 Å². The number of carbonyl (C=O) groups excluding carboxylic acids is 1. The van der Waals surface area contributed by atoms with Crippen LogP contribution in [-0.2, 0) is 14.6 Å². The number of hydrogen-bond acceptors (Lipinski definition) is 4. The Morgan fingerprint density at radius 3 is 2.40 bits per heavy atom. The minimum Gasteiger partial charge on any atom is -0.354 e. The Hall–Kier alpha value is -0.620. The molecule has 3 N–H and O–H groups in total. The standard InChI is InChI=1S/C9H20N2O3S/c1-4-7(2)8(10)9(12)11-5-6-15(3,13)14/h7-8H,4-6,10H2,1-3H3,(H,11,12). The van der Waals surface area contributed by atoms with Gasteiger partial charge in [-0.15, -0.1) is 0 Å². The van der Waals surface area contributed by atoms with Gasteiger partial charge in [-0.1, -0.05) is 20.3 Å². The van der Waals surface area contributed by atoms with Crippen LogP contribution in [0, 0.1) is 5.92 Å². The maximum atomic E-state index is 11.4. The molecule has 0 spiro atoms. The average molecular weight is 236 g/mol. The molecule has 0 aromatic carbocycles. The number of nitrogens with two attached hydrogens (primary N) is 1. The highest BCUT2D eigenvalue weighted by Crippen LogP contribution is 2.04. The normalized spacial score (nSPS) is 15.7. The van der Waals surface area contributed by atoms with Crippen LogP contribution >= 0.6 is 0 Å². The molecule has 0 aliphatic carbocycles. The Kier molecular flexibility index (Phi) is 5.82. The number of hydrogen-bond donors (Lipinski definition) is 2. The summed E-state index contributed by atoms with van der Waals surface area (Å²) >= 11 is 0. The fourth-order valence-electron chi connectivity index (χ4n) is 0.990. The molecule has 6 heteroatoms. The van der Waals surface area contributed by atoms with Crippen molar-refractivity contribution in [2.75, 3.05) is 18.6 Å². The minimum absolute atomic E-state index is 0.0496. The molecule has 2 atom stereocenters. The molecule has 0 aliphatic heterocycles. The topological polar surface area (TPSA) is 89.3 Å². The predicted molar refractivity (Wildman–Crippen MR) is 60.2 cm³/mol. The molecule has 15 heavy (non-hydrogen) atoms. The van der Waals surface area contributed by atoms with E-state index in [0.29, 0.717) is 0 Å². The zero-order valence-electron chi connectivity index (χ0n) is 9.49. The van der Waals surface area contributed by atoms with E-state index in [9.17, 15) is 13.2 Å². The molecule has 0 rings (SSSR count). The van der Waals surface area contributed by atoms with E-state index in [-0.39, 0.29) is 24.1 Å². The number of nitrogens with one attached hydrogen (secondary N) is 1. The van der Waals surface area contributed by atoms with Crippen LogP contribution in [-0.4, -0.2) is 38.9 Å². The predicted octanol–water partition coefficient (Wildman–Crippen LogP) is -0.479. The Bertz CT molecular complexity index is 300. The highest BCUT2D eigenvalue weighted by molar-refractivity contribution is 7.90. The molecule has 0 fully saturated rings. The highest BCUT2D eigenvalue weighted by Gasteiger charge is 2.18. The molecule has 0 saturated heterocycles. The van der Waals surface area contributed by atoms with Gasteiger partial charge in [-0.2, -0.15) is 0 Å². The van der Waals surface area contributed by atoms with Crippen LogP contribution in [0.25, 0.3) is 0 Å². The quantitative estimate of drug-likeness (QED) is 0.652. The van der Waals surface area contributed by atoms with E-state index in [1.165, 1.54) is 0 Å². The summed E-state index contributed by atoms with van der Waals surface area (Å²) in [5.41, 5.74) is 5.66. The lowest BCUT2D eigenvalue weighted by Crippen LogP contribution is -2.45. The number of amides is 1. The van der Waals surface area contributed by atoms with E-state index in [1.807, 2.05) is 13.8 Å². The SMILES string of the molecule is CCC(C)C(N)C(=O)NCCS(C)(=O)=O. The second kappa shape index (κ2) is 6.07. The van der Waals surface area contributed by atoms with Gasteiger partial charge in [0.05, 0.1) is 11.8 Å². The third-order valence-corrected chi connectivity index (χ3v) is 3.28. The van der Waals surface area contributed by atoms with Crippen LogP contribution in [0.15, 0.2) is 0 Å². The van der Waals surface area contributed by atoms with Gasteiger partial charge >= 0.3 is 0 Å². The van der Waals surface area contributed by atoms with Gasteiger partial charge < -0.3 is 11.1 Å². The van der Waals surface area contributed by atoms with E-state index < -0.39 is 15.9 Å². The molecule has 0 aliphatic rings. The fourth-order valence-corrected chi connectivity index (χ4v) is 1.46. The second-order valence-electron chi connectivity index (χ2n) is 3.83. The first kappa shape index (κ1) is 14.4. The molecule has 2 unspecified atom stereocenters. The highest BCUT2D eigenvalue weighted by atomic mass is 32.2. The molecule has 1 amide bonds. The first-order chi connectivity index (χ1) is 6.78. The molecule has 0 aromatic heterocycles. The van der Waals surface area contributed by atoms with Crippen molar-refractivity contribution in [3.8, 4) is 0 Å². The molecule has 5 nitrogen and oxygen atoms in total. The lowest BCUT2D eigenvalue weighted by molar-refractivity contribution is -0.123. The molecule has 0 saturated carbocycles. The van der Waals surface area contributed by atoms with E-state index in [0.717, 1.165) is 12.7 Å². The van der Waals surface area contributed by atoms with Crippen molar-refractivity contribution in [1.29, 1.82) is 0 Å². The number of rotatable bonds is 6. The summed E-state index contributed by atoms with van der Waals surface area (Å²) in [7, 11) is -3.03. The molecule has 90 valence electrons. The van der Waals surface area contributed by atoms with Gasteiger partial charge in [0, 0.05) is 12.8 Å². The Morgan fingerprint density at radius 2 is 2.00 bits per heavy atom. The molecule has 0 radical (unpaired) electrons. The van der Waals surface area contributed by atoms with Crippen molar-refractivity contribution >= 4 is 15.7 Å². The average Bonchev–Trinajstić information content (AvgIpc) is 2.13.